The molecule has 2 aliphatic rings. The molecule has 1 aromatic rings. The van der Waals surface area contributed by atoms with Gasteiger partial charge in [0.1, 0.15) is 0 Å². The minimum absolute atomic E-state index is 0.576. The van der Waals surface area contributed by atoms with E-state index in [4.69, 9.17) is 9.47 Å². The van der Waals surface area contributed by atoms with E-state index in [1.165, 1.54) is 49.9 Å². The third-order valence-corrected chi connectivity index (χ3v) is 5.89. The molecule has 0 saturated carbocycles. The summed E-state index contributed by atoms with van der Waals surface area (Å²) in [5, 5.41) is 0. The van der Waals surface area contributed by atoms with E-state index in [1.54, 1.807) is 14.2 Å². The fourth-order valence-electron chi connectivity index (χ4n) is 4.38. The zero-order valence-electron chi connectivity index (χ0n) is 15.1. The smallest absolute Gasteiger partial charge is 0.161 e. The van der Waals surface area contributed by atoms with Crippen molar-refractivity contribution in [2.45, 2.75) is 52.0 Å². The number of benzene rings is 1. The summed E-state index contributed by atoms with van der Waals surface area (Å²) in [6.45, 7) is 7.16. The molecule has 1 aromatic carbocycles. The second kappa shape index (κ2) is 7.12. The van der Waals surface area contributed by atoms with Crippen molar-refractivity contribution in [3.05, 3.63) is 23.3 Å². The van der Waals surface area contributed by atoms with Crippen LogP contribution in [-0.2, 0) is 6.42 Å². The van der Waals surface area contributed by atoms with Gasteiger partial charge in [-0.1, -0.05) is 20.3 Å². The SMILES string of the molecule is CCC(C)C[C@H]1CC[C@@H]2c3cc(OC)c(OC)cc3CCN2C1. The first-order chi connectivity index (χ1) is 11.2. The fraction of sp³-hybridized carbons (Fsp3) is 0.700. The van der Waals surface area contributed by atoms with E-state index < -0.39 is 0 Å². The molecular formula is C20H31NO2. The van der Waals surface area contributed by atoms with Crippen molar-refractivity contribution < 1.29 is 9.47 Å². The van der Waals surface area contributed by atoms with Crippen molar-refractivity contribution >= 4 is 0 Å². The van der Waals surface area contributed by atoms with Crippen LogP contribution in [0.3, 0.4) is 0 Å². The number of nitrogens with zero attached hydrogens (tertiary/aromatic N) is 1. The van der Waals surface area contributed by atoms with Crippen LogP contribution in [-0.4, -0.2) is 32.2 Å². The van der Waals surface area contributed by atoms with E-state index in [2.05, 4.69) is 30.9 Å². The van der Waals surface area contributed by atoms with Crippen LogP contribution in [0.4, 0.5) is 0 Å². The predicted molar refractivity (Wildman–Crippen MR) is 94.4 cm³/mol. The summed E-state index contributed by atoms with van der Waals surface area (Å²) in [4.78, 5) is 2.71. The summed E-state index contributed by atoms with van der Waals surface area (Å²) in [5.41, 5.74) is 2.92. The molecular weight excluding hydrogens is 286 g/mol. The Hall–Kier alpha value is -1.22. The first-order valence-corrected chi connectivity index (χ1v) is 9.15. The molecule has 3 nitrogen and oxygen atoms in total. The molecule has 0 radical (unpaired) electrons. The number of ether oxygens (including phenoxy) is 2. The van der Waals surface area contributed by atoms with Gasteiger partial charge in [0.2, 0.25) is 0 Å². The molecule has 2 heterocycles. The molecule has 0 aromatic heterocycles. The minimum atomic E-state index is 0.576. The number of rotatable bonds is 5. The van der Waals surface area contributed by atoms with Gasteiger partial charge in [0.05, 0.1) is 14.2 Å². The number of piperidine rings is 1. The highest BCUT2D eigenvalue weighted by atomic mass is 16.5. The molecule has 128 valence electrons. The topological polar surface area (TPSA) is 21.7 Å². The summed E-state index contributed by atoms with van der Waals surface area (Å²) in [7, 11) is 3.45. The van der Waals surface area contributed by atoms with Crippen molar-refractivity contribution in [1.29, 1.82) is 0 Å². The largest absolute Gasteiger partial charge is 0.493 e. The third kappa shape index (κ3) is 3.35. The first kappa shape index (κ1) is 16.6. The summed E-state index contributed by atoms with van der Waals surface area (Å²) in [6, 6.07) is 4.99. The van der Waals surface area contributed by atoms with Crippen LogP contribution in [0.15, 0.2) is 12.1 Å². The molecule has 0 spiro atoms. The summed E-state index contributed by atoms with van der Waals surface area (Å²) < 4.78 is 11.0. The minimum Gasteiger partial charge on any atom is -0.493 e. The quantitative estimate of drug-likeness (QED) is 0.801. The Morgan fingerprint density at radius 1 is 1.17 bits per heavy atom. The van der Waals surface area contributed by atoms with Crippen LogP contribution in [0.25, 0.3) is 0 Å². The van der Waals surface area contributed by atoms with Crippen molar-refractivity contribution in [3.63, 3.8) is 0 Å². The summed E-state index contributed by atoms with van der Waals surface area (Å²) in [6.07, 6.45) is 6.46. The molecule has 23 heavy (non-hydrogen) atoms. The highest BCUT2D eigenvalue weighted by Gasteiger charge is 2.34. The number of hydrogen-bond donors (Lipinski definition) is 0. The van der Waals surface area contributed by atoms with Crippen LogP contribution in [0, 0.1) is 11.8 Å². The Labute approximate surface area is 141 Å². The van der Waals surface area contributed by atoms with Crippen molar-refractivity contribution in [2.24, 2.45) is 11.8 Å². The molecule has 1 fully saturated rings. The highest BCUT2D eigenvalue weighted by molar-refractivity contribution is 5.49. The lowest BCUT2D eigenvalue weighted by Crippen LogP contribution is -2.42. The third-order valence-electron chi connectivity index (χ3n) is 5.89. The van der Waals surface area contributed by atoms with E-state index in [0.717, 1.165) is 29.8 Å². The van der Waals surface area contributed by atoms with Gasteiger partial charge in [-0.05, 0) is 60.8 Å². The van der Waals surface area contributed by atoms with Gasteiger partial charge in [-0.15, -0.1) is 0 Å². The van der Waals surface area contributed by atoms with E-state index in [0.29, 0.717) is 6.04 Å². The van der Waals surface area contributed by atoms with Crippen LogP contribution in [0.5, 0.6) is 11.5 Å². The fourth-order valence-corrected chi connectivity index (χ4v) is 4.38. The van der Waals surface area contributed by atoms with Crippen LogP contribution in [0.1, 0.15) is 56.7 Å². The molecule has 1 unspecified atom stereocenters. The Balaban J connectivity index is 1.78. The molecule has 0 aliphatic carbocycles. The summed E-state index contributed by atoms with van der Waals surface area (Å²) in [5.74, 6) is 3.47. The molecule has 0 N–H and O–H groups in total. The van der Waals surface area contributed by atoms with Gasteiger partial charge in [0.15, 0.2) is 11.5 Å². The maximum Gasteiger partial charge on any atom is 0.161 e. The van der Waals surface area contributed by atoms with E-state index in [9.17, 15) is 0 Å². The molecule has 0 bridgehead atoms. The monoisotopic (exact) mass is 317 g/mol. The molecule has 3 atom stereocenters. The number of hydrogen-bond acceptors (Lipinski definition) is 3. The summed E-state index contributed by atoms with van der Waals surface area (Å²) >= 11 is 0. The highest BCUT2D eigenvalue weighted by Crippen LogP contribution is 2.43. The number of fused-ring (bicyclic) bond motifs is 3. The van der Waals surface area contributed by atoms with Crippen LogP contribution >= 0.6 is 0 Å². The molecule has 3 heteroatoms. The lowest BCUT2D eigenvalue weighted by atomic mass is 9.80. The van der Waals surface area contributed by atoms with E-state index in [-0.39, 0.29) is 0 Å². The normalized spacial score (nSPS) is 25.4. The average molecular weight is 317 g/mol. The van der Waals surface area contributed by atoms with Crippen molar-refractivity contribution in [3.8, 4) is 11.5 Å². The Bertz CT molecular complexity index is 543. The molecule has 1 saturated heterocycles. The van der Waals surface area contributed by atoms with Gasteiger partial charge in [0.25, 0.3) is 0 Å². The van der Waals surface area contributed by atoms with E-state index in [1.807, 2.05) is 0 Å². The zero-order chi connectivity index (χ0) is 16.4. The second-order valence-corrected chi connectivity index (χ2v) is 7.36. The molecule has 0 amide bonds. The van der Waals surface area contributed by atoms with E-state index >= 15 is 0 Å². The first-order valence-electron chi connectivity index (χ1n) is 9.15. The predicted octanol–water partition coefficient (Wildman–Crippen LogP) is 4.45. The maximum absolute atomic E-state index is 5.53. The van der Waals surface area contributed by atoms with Gasteiger partial charge in [-0.25, -0.2) is 0 Å². The van der Waals surface area contributed by atoms with Crippen molar-refractivity contribution in [2.75, 3.05) is 27.3 Å². The van der Waals surface area contributed by atoms with Gasteiger partial charge in [-0.2, -0.15) is 0 Å². The zero-order valence-corrected chi connectivity index (χ0v) is 15.1. The second-order valence-electron chi connectivity index (χ2n) is 7.36. The lowest BCUT2D eigenvalue weighted by Gasteiger charge is -2.44. The van der Waals surface area contributed by atoms with Gasteiger partial charge >= 0.3 is 0 Å². The van der Waals surface area contributed by atoms with Gasteiger partial charge in [0, 0.05) is 19.1 Å². The standard InChI is InChI=1S/C20H31NO2/c1-5-14(2)10-15-6-7-18-17-12-20(23-4)19(22-3)11-16(17)8-9-21(18)13-15/h11-12,14-15,18H,5-10,13H2,1-4H3/t14?,15-,18-/m1/s1. The van der Waals surface area contributed by atoms with Gasteiger partial charge in [-0.3, -0.25) is 4.90 Å². The molecule has 2 aliphatic heterocycles. The van der Waals surface area contributed by atoms with Crippen LogP contribution < -0.4 is 9.47 Å². The van der Waals surface area contributed by atoms with Gasteiger partial charge < -0.3 is 9.47 Å². The van der Waals surface area contributed by atoms with Crippen LogP contribution in [0.2, 0.25) is 0 Å². The Kier molecular flexibility index (Phi) is 5.15. The Morgan fingerprint density at radius 3 is 2.61 bits per heavy atom. The molecule has 3 rings (SSSR count). The van der Waals surface area contributed by atoms with Crippen molar-refractivity contribution in [1.82, 2.24) is 4.90 Å². The maximum atomic E-state index is 5.53. The number of methoxy groups -OCH3 is 2. The Morgan fingerprint density at radius 2 is 1.91 bits per heavy atom. The lowest BCUT2D eigenvalue weighted by molar-refractivity contribution is 0.0880. The average Bonchev–Trinajstić information content (AvgIpc) is 2.59.